The number of amides is 2. The number of carbonyl (C=O) groups excluding carboxylic acids is 2. The maximum absolute atomic E-state index is 11.0. The van der Waals surface area contributed by atoms with E-state index in [0.29, 0.717) is 12.0 Å². The van der Waals surface area contributed by atoms with E-state index >= 15 is 0 Å². The van der Waals surface area contributed by atoms with Crippen molar-refractivity contribution in [2.75, 3.05) is 6.54 Å². The van der Waals surface area contributed by atoms with Crippen LogP contribution >= 0.6 is 0 Å². The van der Waals surface area contributed by atoms with Gasteiger partial charge in [-0.05, 0) is 13.3 Å². The summed E-state index contributed by atoms with van der Waals surface area (Å²) in [7, 11) is 0. The number of hydrogen-bond acceptors (Lipinski definition) is 3. The SMILES string of the molecule is C=C(C)C(=O)NCC(=O)NC(O)CC. The molecule has 80 valence electrons. The lowest BCUT2D eigenvalue weighted by Crippen LogP contribution is -2.41. The van der Waals surface area contributed by atoms with Crippen LogP contribution in [0.15, 0.2) is 12.2 Å². The summed E-state index contributed by atoms with van der Waals surface area (Å²) in [6, 6.07) is 0. The molecule has 5 heteroatoms. The van der Waals surface area contributed by atoms with Crippen LogP contribution in [0.3, 0.4) is 0 Å². The molecule has 0 heterocycles. The minimum Gasteiger partial charge on any atom is -0.374 e. The number of carbonyl (C=O) groups is 2. The summed E-state index contributed by atoms with van der Waals surface area (Å²) in [5, 5.41) is 13.7. The maximum Gasteiger partial charge on any atom is 0.246 e. The second-order valence-corrected chi connectivity index (χ2v) is 2.95. The topological polar surface area (TPSA) is 78.4 Å². The molecule has 0 rings (SSSR count). The number of aliphatic hydroxyl groups is 1. The minimum atomic E-state index is -0.857. The predicted octanol–water partition coefficient (Wildman–Crippen LogP) is -0.477. The van der Waals surface area contributed by atoms with E-state index in [4.69, 9.17) is 5.11 Å². The number of aliphatic hydroxyl groups excluding tert-OH is 1. The van der Waals surface area contributed by atoms with Crippen LogP contribution in [0.1, 0.15) is 20.3 Å². The third-order valence-electron chi connectivity index (χ3n) is 1.51. The standard InChI is InChI=1S/C9H16N2O3/c1-4-7(12)11-8(13)5-10-9(14)6(2)3/h7,12H,2,4-5H2,1,3H3,(H,10,14)(H,11,13). The van der Waals surface area contributed by atoms with Gasteiger partial charge in [0.05, 0.1) is 6.54 Å². The molecule has 3 N–H and O–H groups in total. The average molecular weight is 200 g/mol. The second-order valence-electron chi connectivity index (χ2n) is 2.95. The van der Waals surface area contributed by atoms with Crippen molar-refractivity contribution in [2.24, 2.45) is 0 Å². The second kappa shape index (κ2) is 6.15. The zero-order valence-electron chi connectivity index (χ0n) is 8.46. The molecule has 1 atom stereocenters. The third-order valence-corrected chi connectivity index (χ3v) is 1.51. The van der Waals surface area contributed by atoms with E-state index in [0.717, 1.165) is 0 Å². The Kier molecular flexibility index (Phi) is 5.55. The first-order chi connectivity index (χ1) is 6.47. The summed E-state index contributed by atoms with van der Waals surface area (Å²) in [6.45, 7) is 6.55. The highest BCUT2D eigenvalue weighted by molar-refractivity contribution is 5.94. The highest BCUT2D eigenvalue weighted by Gasteiger charge is 2.08. The van der Waals surface area contributed by atoms with Gasteiger partial charge in [-0.1, -0.05) is 13.5 Å². The molecule has 0 fully saturated rings. The van der Waals surface area contributed by atoms with Crippen LogP contribution in [0.4, 0.5) is 0 Å². The number of rotatable bonds is 5. The van der Waals surface area contributed by atoms with Crippen molar-refractivity contribution in [3.63, 3.8) is 0 Å². The molecule has 0 saturated heterocycles. The van der Waals surface area contributed by atoms with Crippen molar-refractivity contribution >= 4 is 11.8 Å². The molecule has 0 aromatic heterocycles. The highest BCUT2D eigenvalue weighted by Crippen LogP contribution is 1.86. The van der Waals surface area contributed by atoms with Gasteiger partial charge in [0.15, 0.2) is 0 Å². The predicted molar refractivity (Wildman–Crippen MR) is 52.3 cm³/mol. The third kappa shape index (κ3) is 5.31. The largest absolute Gasteiger partial charge is 0.374 e. The number of nitrogens with one attached hydrogen (secondary N) is 2. The van der Waals surface area contributed by atoms with Gasteiger partial charge in [-0.15, -0.1) is 0 Å². The molecule has 0 spiro atoms. The van der Waals surface area contributed by atoms with Crippen molar-refractivity contribution in [2.45, 2.75) is 26.5 Å². The van der Waals surface area contributed by atoms with Crippen LogP contribution in [-0.4, -0.2) is 29.7 Å². The fraction of sp³-hybridized carbons (Fsp3) is 0.556. The van der Waals surface area contributed by atoms with Crippen molar-refractivity contribution in [1.29, 1.82) is 0 Å². The van der Waals surface area contributed by atoms with Gasteiger partial charge < -0.3 is 15.7 Å². The molecule has 14 heavy (non-hydrogen) atoms. The van der Waals surface area contributed by atoms with Crippen LogP contribution in [0.25, 0.3) is 0 Å². The van der Waals surface area contributed by atoms with Crippen LogP contribution < -0.4 is 10.6 Å². The molecule has 0 aliphatic rings. The molecule has 0 aliphatic carbocycles. The van der Waals surface area contributed by atoms with Crippen LogP contribution in [0.2, 0.25) is 0 Å². The highest BCUT2D eigenvalue weighted by atomic mass is 16.3. The first-order valence-electron chi connectivity index (χ1n) is 4.38. The summed E-state index contributed by atoms with van der Waals surface area (Å²) in [4.78, 5) is 22.0. The van der Waals surface area contributed by atoms with Gasteiger partial charge in [-0.25, -0.2) is 0 Å². The van der Waals surface area contributed by atoms with Crippen LogP contribution in [0.5, 0.6) is 0 Å². The molecule has 2 amide bonds. The summed E-state index contributed by atoms with van der Waals surface area (Å²) >= 11 is 0. The Labute approximate surface area is 83.2 Å². The van der Waals surface area contributed by atoms with Gasteiger partial charge >= 0.3 is 0 Å². The fourth-order valence-corrected chi connectivity index (χ4v) is 0.650. The van der Waals surface area contributed by atoms with E-state index in [1.54, 1.807) is 13.8 Å². The monoisotopic (exact) mass is 200 g/mol. The van der Waals surface area contributed by atoms with Crippen molar-refractivity contribution in [3.8, 4) is 0 Å². The Morgan fingerprint density at radius 3 is 2.50 bits per heavy atom. The van der Waals surface area contributed by atoms with Crippen molar-refractivity contribution < 1.29 is 14.7 Å². The molecule has 1 unspecified atom stereocenters. The van der Waals surface area contributed by atoms with E-state index in [1.807, 2.05) is 0 Å². The number of hydrogen-bond donors (Lipinski definition) is 3. The fourth-order valence-electron chi connectivity index (χ4n) is 0.650. The lowest BCUT2D eigenvalue weighted by atomic mass is 10.3. The molecule has 0 aliphatic heterocycles. The first kappa shape index (κ1) is 12.6. The maximum atomic E-state index is 11.0. The molecular formula is C9H16N2O3. The Balaban J connectivity index is 3.75. The zero-order valence-corrected chi connectivity index (χ0v) is 8.46. The molecule has 0 bridgehead atoms. The van der Waals surface area contributed by atoms with Gasteiger partial charge in [0, 0.05) is 5.57 Å². The van der Waals surface area contributed by atoms with E-state index in [9.17, 15) is 9.59 Å². The van der Waals surface area contributed by atoms with Gasteiger partial charge in [0.1, 0.15) is 6.23 Å². The van der Waals surface area contributed by atoms with Crippen LogP contribution in [0, 0.1) is 0 Å². The smallest absolute Gasteiger partial charge is 0.246 e. The lowest BCUT2D eigenvalue weighted by Gasteiger charge is -2.10. The van der Waals surface area contributed by atoms with E-state index in [1.165, 1.54) is 0 Å². The summed E-state index contributed by atoms with van der Waals surface area (Å²) in [6.07, 6.45) is -0.426. The Morgan fingerprint density at radius 1 is 1.50 bits per heavy atom. The molecular weight excluding hydrogens is 184 g/mol. The molecule has 0 aromatic rings. The van der Waals surface area contributed by atoms with Gasteiger partial charge in [0.25, 0.3) is 0 Å². The van der Waals surface area contributed by atoms with Crippen molar-refractivity contribution in [1.82, 2.24) is 10.6 Å². The molecule has 0 aromatic carbocycles. The first-order valence-corrected chi connectivity index (χ1v) is 4.38. The summed E-state index contributed by atoms with van der Waals surface area (Å²) in [5.74, 6) is -0.792. The van der Waals surface area contributed by atoms with E-state index < -0.39 is 12.1 Å². The Hall–Kier alpha value is -1.36. The Morgan fingerprint density at radius 2 is 2.07 bits per heavy atom. The van der Waals surface area contributed by atoms with Gasteiger partial charge in [-0.3, -0.25) is 9.59 Å². The average Bonchev–Trinajstić information content (AvgIpc) is 2.13. The zero-order chi connectivity index (χ0) is 11.1. The quantitative estimate of drug-likeness (QED) is 0.414. The lowest BCUT2D eigenvalue weighted by molar-refractivity contribution is -0.126. The molecule has 5 nitrogen and oxygen atoms in total. The summed E-state index contributed by atoms with van der Waals surface area (Å²) in [5.41, 5.74) is 0.342. The molecule has 0 saturated carbocycles. The normalized spacial score (nSPS) is 11.6. The van der Waals surface area contributed by atoms with Gasteiger partial charge in [-0.2, -0.15) is 0 Å². The van der Waals surface area contributed by atoms with Crippen molar-refractivity contribution in [3.05, 3.63) is 12.2 Å². The van der Waals surface area contributed by atoms with E-state index in [-0.39, 0.29) is 12.5 Å². The van der Waals surface area contributed by atoms with Gasteiger partial charge in [0.2, 0.25) is 11.8 Å². The molecule has 0 radical (unpaired) electrons. The Bertz CT molecular complexity index is 238. The minimum absolute atomic E-state index is 0.150. The summed E-state index contributed by atoms with van der Waals surface area (Å²) < 4.78 is 0. The van der Waals surface area contributed by atoms with E-state index in [2.05, 4.69) is 17.2 Å². The van der Waals surface area contributed by atoms with Crippen LogP contribution in [-0.2, 0) is 9.59 Å².